The first kappa shape index (κ1) is 14.7. The Morgan fingerprint density at radius 2 is 2.15 bits per heavy atom. The fourth-order valence-electron chi connectivity index (χ4n) is 2.26. The van der Waals surface area contributed by atoms with E-state index in [0.717, 1.165) is 5.56 Å². The van der Waals surface area contributed by atoms with Crippen molar-refractivity contribution in [3.8, 4) is 0 Å². The number of carboxylic acid groups (broad SMARTS) is 1. The van der Waals surface area contributed by atoms with Crippen LogP contribution in [0.5, 0.6) is 0 Å². The number of amides is 2. The number of nitrogens with one attached hydrogen (secondary N) is 1. The van der Waals surface area contributed by atoms with Crippen molar-refractivity contribution in [1.29, 1.82) is 0 Å². The fraction of sp³-hybridized carbons (Fsp3) is 0.429. The first-order valence-corrected chi connectivity index (χ1v) is 6.94. The molecule has 1 fully saturated rings. The summed E-state index contributed by atoms with van der Waals surface area (Å²) in [6.07, 6.45) is 1.18. The standard InChI is InChI=1S/C14H17ClN2O3/c15-12-4-2-1-3-10(12)5-7-16-14(20)17-8-6-11(9-17)13(18)19/h1-4,11H,5-9H2,(H,16,20)(H,18,19). The summed E-state index contributed by atoms with van der Waals surface area (Å²) < 4.78 is 0. The lowest BCUT2D eigenvalue weighted by Gasteiger charge is -2.16. The van der Waals surface area contributed by atoms with Gasteiger partial charge in [-0.25, -0.2) is 4.79 Å². The van der Waals surface area contributed by atoms with Crippen molar-refractivity contribution >= 4 is 23.6 Å². The highest BCUT2D eigenvalue weighted by Crippen LogP contribution is 2.17. The molecule has 0 radical (unpaired) electrons. The number of aliphatic carboxylic acids is 1. The zero-order valence-electron chi connectivity index (χ0n) is 11.0. The van der Waals surface area contributed by atoms with Crippen molar-refractivity contribution in [1.82, 2.24) is 10.2 Å². The van der Waals surface area contributed by atoms with E-state index in [1.807, 2.05) is 24.3 Å². The van der Waals surface area contributed by atoms with Crippen LogP contribution in [0.1, 0.15) is 12.0 Å². The van der Waals surface area contributed by atoms with Crippen molar-refractivity contribution in [3.05, 3.63) is 34.9 Å². The third-order valence-corrected chi connectivity index (χ3v) is 3.82. The Hall–Kier alpha value is -1.75. The predicted octanol–water partition coefficient (Wildman–Crippen LogP) is 2.00. The summed E-state index contributed by atoms with van der Waals surface area (Å²) in [7, 11) is 0. The van der Waals surface area contributed by atoms with E-state index in [4.69, 9.17) is 16.7 Å². The molecule has 5 nitrogen and oxygen atoms in total. The van der Waals surface area contributed by atoms with E-state index in [9.17, 15) is 9.59 Å². The molecule has 108 valence electrons. The molecule has 0 aliphatic carbocycles. The Bertz CT molecular complexity index is 507. The monoisotopic (exact) mass is 296 g/mol. The number of nitrogens with zero attached hydrogens (tertiary/aromatic N) is 1. The second kappa shape index (κ2) is 6.61. The third kappa shape index (κ3) is 3.63. The van der Waals surface area contributed by atoms with Gasteiger partial charge in [-0.2, -0.15) is 0 Å². The first-order valence-electron chi connectivity index (χ1n) is 6.57. The number of carbonyl (C=O) groups is 2. The lowest BCUT2D eigenvalue weighted by Crippen LogP contribution is -2.39. The normalized spacial score (nSPS) is 18.1. The molecule has 1 aromatic carbocycles. The van der Waals surface area contributed by atoms with Gasteiger partial charge in [-0.05, 0) is 24.5 Å². The first-order chi connectivity index (χ1) is 9.58. The molecule has 0 spiro atoms. The molecule has 1 aliphatic heterocycles. The predicted molar refractivity (Wildman–Crippen MR) is 75.9 cm³/mol. The van der Waals surface area contributed by atoms with Crippen LogP contribution in [0.2, 0.25) is 5.02 Å². The van der Waals surface area contributed by atoms with Crippen molar-refractivity contribution in [2.24, 2.45) is 5.92 Å². The van der Waals surface area contributed by atoms with Gasteiger partial charge in [0.1, 0.15) is 0 Å². The molecule has 20 heavy (non-hydrogen) atoms. The lowest BCUT2D eigenvalue weighted by molar-refractivity contribution is -0.141. The number of hydrogen-bond donors (Lipinski definition) is 2. The molecule has 2 rings (SSSR count). The van der Waals surface area contributed by atoms with Gasteiger partial charge in [-0.1, -0.05) is 29.8 Å². The maximum absolute atomic E-state index is 11.9. The van der Waals surface area contributed by atoms with E-state index < -0.39 is 11.9 Å². The van der Waals surface area contributed by atoms with Crippen LogP contribution in [0.15, 0.2) is 24.3 Å². The molecule has 0 saturated carbocycles. The number of carbonyl (C=O) groups excluding carboxylic acids is 1. The quantitative estimate of drug-likeness (QED) is 0.893. The topological polar surface area (TPSA) is 69.6 Å². The van der Waals surface area contributed by atoms with Crippen LogP contribution < -0.4 is 5.32 Å². The average molecular weight is 297 g/mol. The number of likely N-dealkylation sites (tertiary alicyclic amines) is 1. The summed E-state index contributed by atoms with van der Waals surface area (Å²) in [5.74, 6) is -1.28. The summed E-state index contributed by atoms with van der Waals surface area (Å²) in [6.45, 7) is 1.26. The smallest absolute Gasteiger partial charge is 0.317 e. The lowest BCUT2D eigenvalue weighted by atomic mass is 10.1. The SMILES string of the molecule is O=C(O)C1CCN(C(=O)NCCc2ccccc2Cl)C1. The zero-order chi connectivity index (χ0) is 14.5. The maximum atomic E-state index is 11.9. The van der Waals surface area contributed by atoms with Gasteiger partial charge >= 0.3 is 12.0 Å². The molecule has 1 aliphatic rings. The van der Waals surface area contributed by atoms with Gasteiger partial charge in [0.05, 0.1) is 5.92 Å². The Balaban J connectivity index is 1.76. The van der Waals surface area contributed by atoms with Gasteiger partial charge in [0.15, 0.2) is 0 Å². The number of halogens is 1. The molecular formula is C14H17ClN2O3. The van der Waals surface area contributed by atoms with E-state index in [1.165, 1.54) is 0 Å². The summed E-state index contributed by atoms with van der Waals surface area (Å²) in [4.78, 5) is 24.3. The van der Waals surface area contributed by atoms with Crippen molar-refractivity contribution in [3.63, 3.8) is 0 Å². The highest BCUT2D eigenvalue weighted by atomic mass is 35.5. The van der Waals surface area contributed by atoms with Crippen LogP contribution in [0.3, 0.4) is 0 Å². The molecule has 1 unspecified atom stereocenters. The molecule has 0 aromatic heterocycles. The van der Waals surface area contributed by atoms with Crippen LogP contribution in [-0.4, -0.2) is 41.6 Å². The highest BCUT2D eigenvalue weighted by Gasteiger charge is 2.30. The van der Waals surface area contributed by atoms with Crippen LogP contribution in [0.25, 0.3) is 0 Å². The summed E-state index contributed by atoms with van der Waals surface area (Å²) in [6, 6.07) is 7.30. The second-order valence-electron chi connectivity index (χ2n) is 4.84. The van der Waals surface area contributed by atoms with Gasteiger partial charge in [0, 0.05) is 24.7 Å². The van der Waals surface area contributed by atoms with Crippen LogP contribution >= 0.6 is 11.6 Å². The minimum Gasteiger partial charge on any atom is -0.481 e. The van der Waals surface area contributed by atoms with Crippen LogP contribution in [-0.2, 0) is 11.2 Å². The van der Waals surface area contributed by atoms with Gasteiger partial charge in [0.2, 0.25) is 0 Å². The summed E-state index contributed by atoms with van der Waals surface area (Å²) in [5, 5.41) is 12.4. The highest BCUT2D eigenvalue weighted by molar-refractivity contribution is 6.31. The van der Waals surface area contributed by atoms with E-state index in [0.29, 0.717) is 31.0 Å². The average Bonchev–Trinajstić information content (AvgIpc) is 2.91. The molecule has 1 heterocycles. The molecule has 2 N–H and O–H groups in total. The maximum Gasteiger partial charge on any atom is 0.317 e. The molecule has 1 aromatic rings. The van der Waals surface area contributed by atoms with E-state index in [2.05, 4.69) is 5.32 Å². The van der Waals surface area contributed by atoms with Crippen LogP contribution in [0, 0.1) is 5.92 Å². The van der Waals surface area contributed by atoms with E-state index in [-0.39, 0.29) is 12.6 Å². The largest absolute Gasteiger partial charge is 0.481 e. The minimum absolute atomic E-state index is 0.208. The molecule has 2 amide bonds. The minimum atomic E-state index is -0.837. The summed E-state index contributed by atoms with van der Waals surface area (Å²) in [5.41, 5.74) is 0.985. The van der Waals surface area contributed by atoms with Crippen molar-refractivity contribution in [2.75, 3.05) is 19.6 Å². The zero-order valence-corrected chi connectivity index (χ0v) is 11.8. The Morgan fingerprint density at radius 3 is 2.80 bits per heavy atom. The van der Waals surface area contributed by atoms with E-state index >= 15 is 0 Å². The Kier molecular flexibility index (Phi) is 4.84. The number of rotatable bonds is 4. The second-order valence-corrected chi connectivity index (χ2v) is 5.25. The Labute approximate surface area is 122 Å². The number of urea groups is 1. The van der Waals surface area contributed by atoms with Crippen LogP contribution in [0.4, 0.5) is 4.79 Å². The third-order valence-electron chi connectivity index (χ3n) is 3.45. The van der Waals surface area contributed by atoms with Crippen molar-refractivity contribution in [2.45, 2.75) is 12.8 Å². The number of benzene rings is 1. The molecule has 0 bridgehead atoms. The van der Waals surface area contributed by atoms with Gasteiger partial charge in [-0.15, -0.1) is 0 Å². The number of carboxylic acids is 1. The van der Waals surface area contributed by atoms with Gasteiger partial charge in [0.25, 0.3) is 0 Å². The van der Waals surface area contributed by atoms with Gasteiger partial charge in [-0.3, -0.25) is 4.79 Å². The molecule has 6 heteroatoms. The Morgan fingerprint density at radius 1 is 1.40 bits per heavy atom. The molecular weight excluding hydrogens is 280 g/mol. The number of hydrogen-bond acceptors (Lipinski definition) is 2. The molecule has 1 saturated heterocycles. The van der Waals surface area contributed by atoms with E-state index in [1.54, 1.807) is 4.90 Å². The molecule has 1 atom stereocenters. The van der Waals surface area contributed by atoms with Crippen molar-refractivity contribution < 1.29 is 14.7 Å². The van der Waals surface area contributed by atoms with Gasteiger partial charge < -0.3 is 15.3 Å². The fourth-order valence-corrected chi connectivity index (χ4v) is 2.49. The summed E-state index contributed by atoms with van der Waals surface area (Å²) >= 11 is 6.03.